The van der Waals surface area contributed by atoms with Gasteiger partial charge in [0.05, 0.1) is 12.3 Å². The molecule has 0 spiro atoms. The second-order valence-corrected chi connectivity index (χ2v) is 9.92. The predicted molar refractivity (Wildman–Crippen MR) is 110 cm³/mol. The fourth-order valence-electron chi connectivity index (χ4n) is 3.35. The third-order valence-corrected chi connectivity index (χ3v) is 7.10. The van der Waals surface area contributed by atoms with Crippen molar-refractivity contribution in [2.45, 2.75) is 38.5 Å². The molecule has 1 N–H and O–H groups in total. The van der Waals surface area contributed by atoms with Gasteiger partial charge in [-0.1, -0.05) is 26.0 Å². The summed E-state index contributed by atoms with van der Waals surface area (Å²) in [6, 6.07) is 10.2. The molecule has 1 aromatic heterocycles. The van der Waals surface area contributed by atoms with E-state index >= 15 is 0 Å². The van der Waals surface area contributed by atoms with Gasteiger partial charge in [0.15, 0.2) is 0 Å². The van der Waals surface area contributed by atoms with Crippen molar-refractivity contribution in [2.24, 2.45) is 0 Å². The molecule has 28 heavy (non-hydrogen) atoms. The van der Waals surface area contributed by atoms with Crippen molar-refractivity contribution < 1.29 is 13.2 Å². The summed E-state index contributed by atoms with van der Waals surface area (Å²) < 4.78 is 33.1. The highest BCUT2D eigenvalue weighted by molar-refractivity contribution is 7.86. The summed E-state index contributed by atoms with van der Waals surface area (Å²) in [6.07, 6.45) is 1.52. The highest BCUT2D eigenvalue weighted by Crippen LogP contribution is 2.28. The first-order valence-corrected chi connectivity index (χ1v) is 11.1. The Morgan fingerprint density at radius 2 is 2.00 bits per heavy atom. The van der Waals surface area contributed by atoms with Crippen LogP contribution in [0.5, 0.6) is 5.75 Å². The van der Waals surface area contributed by atoms with E-state index in [0.29, 0.717) is 25.6 Å². The van der Waals surface area contributed by atoms with E-state index in [1.165, 1.54) is 14.2 Å². The standard InChI is InChI=1S/C20H30N4O3S/c1-15(2)16-5-7-19(8-6-16)27-12-10-18-13-20(22-21-18)17-9-11-24(14-17)28(25,26)23(3)4/h5-8,13,15,17H,9-12,14H2,1-4H3,(H,21,22). The monoisotopic (exact) mass is 406 g/mol. The van der Waals surface area contributed by atoms with E-state index < -0.39 is 10.2 Å². The summed E-state index contributed by atoms with van der Waals surface area (Å²) in [4.78, 5) is 0. The summed E-state index contributed by atoms with van der Waals surface area (Å²) in [7, 11) is -0.233. The number of aromatic amines is 1. The van der Waals surface area contributed by atoms with Gasteiger partial charge in [0.1, 0.15) is 5.75 Å². The minimum absolute atomic E-state index is 0.129. The van der Waals surface area contributed by atoms with Crippen LogP contribution in [0.1, 0.15) is 49.1 Å². The van der Waals surface area contributed by atoms with Gasteiger partial charge in [-0.15, -0.1) is 0 Å². The van der Waals surface area contributed by atoms with Crippen LogP contribution in [0.25, 0.3) is 0 Å². The van der Waals surface area contributed by atoms with E-state index in [1.807, 2.05) is 18.2 Å². The van der Waals surface area contributed by atoms with Gasteiger partial charge >= 0.3 is 0 Å². The fourth-order valence-corrected chi connectivity index (χ4v) is 4.52. The van der Waals surface area contributed by atoms with Gasteiger partial charge in [0.25, 0.3) is 10.2 Å². The van der Waals surface area contributed by atoms with Crippen molar-refractivity contribution in [1.82, 2.24) is 18.8 Å². The molecule has 1 fully saturated rings. The summed E-state index contributed by atoms with van der Waals surface area (Å²) in [5.74, 6) is 1.50. The van der Waals surface area contributed by atoms with Gasteiger partial charge in [-0.2, -0.15) is 22.1 Å². The van der Waals surface area contributed by atoms with Crippen molar-refractivity contribution in [1.29, 1.82) is 0 Å². The highest BCUT2D eigenvalue weighted by Gasteiger charge is 2.34. The average Bonchev–Trinajstić information content (AvgIpc) is 3.31. The van der Waals surface area contributed by atoms with Crippen molar-refractivity contribution in [3.8, 4) is 5.75 Å². The third-order valence-electron chi connectivity index (χ3n) is 5.19. The lowest BCUT2D eigenvalue weighted by Gasteiger charge is -2.20. The zero-order valence-electron chi connectivity index (χ0n) is 17.1. The maximum Gasteiger partial charge on any atom is 0.281 e. The summed E-state index contributed by atoms with van der Waals surface area (Å²) in [5.41, 5.74) is 3.22. The first-order valence-electron chi connectivity index (χ1n) is 9.72. The van der Waals surface area contributed by atoms with E-state index in [2.05, 4.69) is 36.2 Å². The van der Waals surface area contributed by atoms with Gasteiger partial charge in [-0.05, 0) is 36.1 Å². The molecule has 0 aliphatic carbocycles. The molecule has 7 nitrogen and oxygen atoms in total. The number of ether oxygens (including phenoxy) is 1. The van der Waals surface area contributed by atoms with E-state index in [9.17, 15) is 8.42 Å². The number of nitrogens with zero attached hydrogens (tertiary/aromatic N) is 3. The van der Waals surface area contributed by atoms with E-state index in [0.717, 1.165) is 30.0 Å². The Morgan fingerprint density at radius 1 is 1.29 bits per heavy atom. The second-order valence-electron chi connectivity index (χ2n) is 7.77. The van der Waals surface area contributed by atoms with Crippen LogP contribution in [0, 0.1) is 0 Å². The van der Waals surface area contributed by atoms with Crippen LogP contribution >= 0.6 is 0 Å². The molecule has 2 heterocycles. The second kappa shape index (κ2) is 8.63. The van der Waals surface area contributed by atoms with Gasteiger partial charge < -0.3 is 4.74 Å². The zero-order chi connectivity index (χ0) is 20.3. The normalized spacial score (nSPS) is 18.3. The minimum Gasteiger partial charge on any atom is -0.493 e. The molecule has 0 saturated carbocycles. The Morgan fingerprint density at radius 3 is 2.64 bits per heavy atom. The molecule has 8 heteroatoms. The molecule has 0 amide bonds. The number of benzene rings is 1. The van der Waals surface area contributed by atoms with Crippen LogP contribution in [0.3, 0.4) is 0 Å². The molecule has 1 saturated heterocycles. The molecule has 2 aromatic rings. The molecule has 1 unspecified atom stereocenters. The maximum atomic E-state index is 12.3. The lowest BCUT2D eigenvalue weighted by atomic mass is 10.0. The van der Waals surface area contributed by atoms with Gasteiger partial charge in [0.2, 0.25) is 0 Å². The third kappa shape index (κ3) is 4.74. The lowest BCUT2D eigenvalue weighted by molar-refractivity contribution is 0.320. The largest absolute Gasteiger partial charge is 0.493 e. The molecule has 1 aliphatic rings. The smallest absolute Gasteiger partial charge is 0.281 e. The Bertz CT molecular complexity index is 875. The number of aromatic nitrogens is 2. The topological polar surface area (TPSA) is 78.5 Å². The Hall–Kier alpha value is -1.90. The average molecular weight is 407 g/mol. The van der Waals surface area contributed by atoms with E-state index in [4.69, 9.17) is 4.74 Å². The molecule has 0 radical (unpaired) electrons. The van der Waals surface area contributed by atoms with Crippen LogP contribution in [0.4, 0.5) is 0 Å². The Labute approximate surface area is 167 Å². The van der Waals surface area contributed by atoms with Crippen LogP contribution < -0.4 is 4.74 Å². The molecule has 1 aliphatic heterocycles. The van der Waals surface area contributed by atoms with Gasteiger partial charge in [-0.25, -0.2) is 0 Å². The maximum absolute atomic E-state index is 12.3. The van der Waals surface area contributed by atoms with Gasteiger partial charge in [0, 0.05) is 45.2 Å². The molecule has 1 aromatic carbocycles. The summed E-state index contributed by atoms with van der Waals surface area (Å²) >= 11 is 0. The SMILES string of the molecule is CC(C)c1ccc(OCCc2cc(C3CCN(S(=O)(=O)N(C)C)C3)n[nH]2)cc1. The summed E-state index contributed by atoms with van der Waals surface area (Å²) in [6.45, 7) is 5.91. The first-order chi connectivity index (χ1) is 13.3. The van der Waals surface area contributed by atoms with Gasteiger partial charge in [-0.3, -0.25) is 5.10 Å². The molecular formula is C20H30N4O3S. The fraction of sp³-hybridized carbons (Fsp3) is 0.550. The van der Waals surface area contributed by atoms with Crippen LogP contribution in [0.2, 0.25) is 0 Å². The number of rotatable bonds is 8. The van der Waals surface area contributed by atoms with E-state index in [1.54, 1.807) is 14.1 Å². The number of H-pyrrole nitrogens is 1. The molecular weight excluding hydrogens is 376 g/mol. The quantitative estimate of drug-likeness (QED) is 0.731. The molecule has 154 valence electrons. The van der Waals surface area contributed by atoms with Crippen molar-refractivity contribution in [2.75, 3.05) is 33.8 Å². The first kappa shape index (κ1) is 20.8. The number of hydrogen-bond donors (Lipinski definition) is 1. The van der Waals surface area contributed by atoms with E-state index in [-0.39, 0.29) is 5.92 Å². The Balaban J connectivity index is 1.51. The van der Waals surface area contributed by atoms with Crippen LogP contribution in [-0.2, 0) is 16.6 Å². The Kier molecular flexibility index (Phi) is 6.42. The number of nitrogens with one attached hydrogen (secondary N) is 1. The van der Waals surface area contributed by atoms with Crippen molar-refractivity contribution in [3.05, 3.63) is 47.3 Å². The molecule has 1 atom stereocenters. The predicted octanol–water partition coefficient (Wildman–Crippen LogP) is 2.75. The van der Waals surface area contributed by atoms with Crippen LogP contribution in [-0.4, -0.2) is 61.0 Å². The highest BCUT2D eigenvalue weighted by atomic mass is 32.2. The summed E-state index contributed by atoms with van der Waals surface area (Å²) in [5, 5.41) is 7.46. The zero-order valence-corrected chi connectivity index (χ0v) is 17.9. The minimum atomic E-state index is -3.36. The lowest BCUT2D eigenvalue weighted by Crippen LogP contribution is -2.38. The molecule has 3 rings (SSSR count). The number of hydrogen-bond acceptors (Lipinski definition) is 4. The molecule has 0 bridgehead atoms. The van der Waals surface area contributed by atoms with Crippen molar-refractivity contribution in [3.63, 3.8) is 0 Å². The van der Waals surface area contributed by atoms with Crippen LogP contribution in [0.15, 0.2) is 30.3 Å². The van der Waals surface area contributed by atoms with Crippen molar-refractivity contribution >= 4 is 10.2 Å².